The van der Waals surface area contributed by atoms with Crippen LogP contribution in [0.5, 0.6) is 0 Å². The summed E-state index contributed by atoms with van der Waals surface area (Å²) < 4.78 is 13.7. The predicted octanol–water partition coefficient (Wildman–Crippen LogP) is 19.0. The van der Waals surface area contributed by atoms with Gasteiger partial charge in [0.25, 0.3) is 27.8 Å². The van der Waals surface area contributed by atoms with Crippen molar-refractivity contribution in [3.8, 4) is 23.0 Å². The first-order valence-corrected chi connectivity index (χ1v) is 43.2. The monoisotopic (exact) mass is 1710 g/mol. The van der Waals surface area contributed by atoms with E-state index >= 15 is 0 Å². The van der Waals surface area contributed by atoms with Crippen molar-refractivity contribution in [2.24, 2.45) is 0 Å². The summed E-state index contributed by atoms with van der Waals surface area (Å²) in [7, 11) is 1.57. The Kier molecular flexibility index (Phi) is 28.4. The van der Waals surface area contributed by atoms with E-state index in [9.17, 15) is 28.8 Å². The van der Waals surface area contributed by atoms with Gasteiger partial charge in [0.05, 0.1) is 38.7 Å². The van der Waals surface area contributed by atoms with E-state index in [-0.39, 0.29) is 45.7 Å². The molecule has 27 heteroatoms. The molecule has 128 heavy (non-hydrogen) atoms. The molecule has 0 saturated heterocycles. The van der Waals surface area contributed by atoms with Gasteiger partial charge in [0.15, 0.2) is 5.78 Å². The summed E-state index contributed by atoms with van der Waals surface area (Å²) in [4.78, 5) is 120. The third-order valence-corrected chi connectivity index (χ3v) is 22.3. The minimum atomic E-state index is -0.275. The molecule has 0 bridgehead atoms. The van der Waals surface area contributed by atoms with E-state index in [0.29, 0.717) is 96.4 Å². The Balaban J connectivity index is 0.000000130. The minimum absolute atomic E-state index is 0.00575. The molecule has 650 valence electrons. The molecule has 2 aliphatic carbocycles. The largest absolute Gasteiger partial charge is 0.372 e. The van der Waals surface area contributed by atoms with Gasteiger partial charge in [-0.05, 0) is 215 Å². The number of fused-ring (bicyclic) bond motifs is 5. The molecule has 15 aromatic heterocycles. The number of hydrogen-bond donors (Lipinski definition) is 5. The molecule has 2 fully saturated rings. The number of aromatic nitrogens is 15. The minimum Gasteiger partial charge on any atom is -0.372 e. The van der Waals surface area contributed by atoms with Crippen molar-refractivity contribution in [2.75, 3.05) is 40.3 Å². The van der Waals surface area contributed by atoms with Crippen molar-refractivity contribution in [3.05, 3.63) is 315 Å². The third kappa shape index (κ3) is 21.3. The lowest BCUT2D eigenvalue weighted by molar-refractivity contribution is 0.101. The van der Waals surface area contributed by atoms with Gasteiger partial charge in [-0.15, -0.1) is 0 Å². The summed E-state index contributed by atoms with van der Waals surface area (Å²) in [5.74, 6) is 13.2. The summed E-state index contributed by atoms with van der Waals surface area (Å²) in [6.45, 7) is 26.4. The van der Waals surface area contributed by atoms with Gasteiger partial charge in [0.1, 0.15) is 64.8 Å². The first-order valence-electron chi connectivity index (χ1n) is 43.2. The normalized spacial score (nSPS) is 12.2. The number of hydrogen-bond acceptors (Lipinski definition) is 22. The van der Waals surface area contributed by atoms with Gasteiger partial charge >= 0.3 is 0 Å². The molecule has 0 amide bonds. The second-order valence-electron chi connectivity index (χ2n) is 31.9. The summed E-state index contributed by atoms with van der Waals surface area (Å²) in [5, 5.41) is 20.5. The summed E-state index contributed by atoms with van der Waals surface area (Å²) in [6.07, 6.45) is 24.8. The predicted molar refractivity (Wildman–Crippen MR) is 512 cm³/mol. The number of nitrogens with zero attached hydrogens (tertiary/aromatic N) is 15. The number of benzene rings is 1. The Hall–Kier alpha value is -15.0. The molecule has 16 aromatic rings. The molecular formula is C101H104N20O7. The van der Waals surface area contributed by atoms with Crippen molar-refractivity contribution in [3.63, 3.8) is 0 Å². The third-order valence-electron chi connectivity index (χ3n) is 22.3. The number of carbonyl (C=O) groups is 1. The van der Waals surface area contributed by atoms with Crippen molar-refractivity contribution in [2.45, 2.75) is 166 Å². The molecule has 0 aliphatic heterocycles. The maximum atomic E-state index is 13.1. The smallest absolute Gasteiger partial charge is 0.266 e. The number of pyridine rings is 15. The van der Waals surface area contributed by atoms with Crippen molar-refractivity contribution in [1.29, 1.82) is 0 Å². The lowest BCUT2D eigenvalue weighted by Crippen LogP contribution is -2.25. The van der Waals surface area contributed by atoms with Gasteiger partial charge in [-0.1, -0.05) is 84.8 Å². The van der Waals surface area contributed by atoms with Crippen molar-refractivity contribution in [1.82, 2.24) is 72.7 Å². The highest BCUT2D eigenvalue weighted by atomic mass is 16.5. The number of carbonyl (C=O) groups excluding carboxylic acids is 1. The van der Waals surface area contributed by atoms with E-state index in [1.165, 1.54) is 19.8 Å². The van der Waals surface area contributed by atoms with Crippen LogP contribution in [-0.4, -0.2) is 92.2 Å². The van der Waals surface area contributed by atoms with Crippen LogP contribution in [0.2, 0.25) is 0 Å². The number of aryl methyl sites for hydroxylation is 11. The van der Waals surface area contributed by atoms with Crippen LogP contribution in [0.3, 0.4) is 0 Å². The van der Waals surface area contributed by atoms with Crippen LogP contribution >= 0.6 is 0 Å². The van der Waals surface area contributed by atoms with E-state index in [1.807, 2.05) is 231 Å². The van der Waals surface area contributed by atoms with Gasteiger partial charge in [0, 0.05) is 176 Å². The highest BCUT2D eigenvalue weighted by Crippen LogP contribution is 2.40. The molecule has 1 aromatic carbocycles. The molecular weight excluding hydrogens is 1610 g/mol. The zero-order chi connectivity index (χ0) is 90.2. The van der Waals surface area contributed by atoms with Gasteiger partial charge in [-0.2, -0.15) is 0 Å². The quantitative estimate of drug-likeness (QED) is 0.0349. The van der Waals surface area contributed by atoms with Gasteiger partial charge in [-0.25, -0.2) is 49.8 Å². The zero-order valence-electron chi connectivity index (χ0n) is 74.3. The molecule has 0 unspecified atom stereocenters. The van der Waals surface area contributed by atoms with Crippen LogP contribution in [0, 0.1) is 53.4 Å². The van der Waals surface area contributed by atoms with Gasteiger partial charge in [-0.3, -0.25) is 28.8 Å². The lowest BCUT2D eigenvalue weighted by Gasteiger charge is -2.15. The molecule has 0 radical (unpaired) electrons. The van der Waals surface area contributed by atoms with E-state index < -0.39 is 0 Å². The molecule has 15 heterocycles. The van der Waals surface area contributed by atoms with Crippen LogP contribution < -0.4 is 54.4 Å². The molecule has 0 atom stereocenters. The van der Waals surface area contributed by atoms with Crippen LogP contribution in [0.4, 0.5) is 58.2 Å². The van der Waals surface area contributed by atoms with Gasteiger partial charge < -0.3 is 54.2 Å². The molecule has 2 aliphatic rings. The first-order chi connectivity index (χ1) is 62.0. The number of Topliss-reactive ketones (excluding diaryl/α,β-unsaturated/α-hetero) is 1. The van der Waals surface area contributed by atoms with Crippen LogP contribution in [0.15, 0.2) is 232 Å². The molecule has 27 nitrogen and oxygen atoms in total. The summed E-state index contributed by atoms with van der Waals surface area (Å²) in [6, 6.07) is 46.3. The van der Waals surface area contributed by atoms with Crippen molar-refractivity contribution >= 4 is 118 Å². The van der Waals surface area contributed by atoms with E-state index in [1.54, 1.807) is 76.2 Å². The topological polar surface area (TPSA) is 325 Å². The lowest BCUT2D eigenvalue weighted by atomic mass is 9.97. The van der Waals surface area contributed by atoms with E-state index in [2.05, 4.69) is 94.3 Å². The highest BCUT2D eigenvalue weighted by molar-refractivity contribution is 5.97. The second-order valence-corrected chi connectivity index (χ2v) is 31.9. The highest BCUT2D eigenvalue weighted by Gasteiger charge is 2.28. The van der Waals surface area contributed by atoms with Gasteiger partial charge in [0.2, 0.25) is 0 Å². The Morgan fingerprint density at radius 2 is 0.672 bits per heavy atom. The number of methoxy groups -OCH3 is 1. The fourth-order valence-electron chi connectivity index (χ4n) is 15.5. The summed E-state index contributed by atoms with van der Waals surface area (Å²) in [5.41, 5.74) is 14.9. The standard InChI is InChI=1S/C23H22N4O.C21H24N4O.C20H20N4O2.C19H20N4O.C18H18N4O2/c1-4-27-20-12-22(26-21-9-8-16(3)13-24-21)25-14-18(20)11-19(23(27)28)17-7-5-6-15(2)10-17;1-3-25-18-11-20(24-19-9-8-14(2)12-22-19)23-13-16(18)10-17(21(25)26)15-6-4-5-7-15;1-4-24-17-11-19(23-18-8-7-14(2)12-21-18)22-13-16(17)10-15(20(24)25)6-5-9-26-3;1-3-23-16-9-18(22-17-7-4-12(2)10-20-17)21-11-14(16)8-15(19(23)24)13-5-6-13;1-4-22-15-8-17(21-16-6-5-11(2)9-19-16)20-10-13(15)7-14(12(3)23)18(22)24/h5-14H,4H2,1-3H3,(H,24,25,26);8-13,15H,3-7H2,1-2H3,(H,22,23,24);7-8,10-13H,4,9H2,1-3H3,(H,21,22,23);4,7-11,13H,3,5-6H2,1-2H3,(H,20,21,22);5-10H,4H2,1-3H3,(H,19,20,21). The Morgan fingerprint density at radius 3 is 1.00 bits per heavy atom. The number of ether oxygens (including phenoxy) is 1. The van der Waals surface area contributed by atoms with Crippen LogP contribution in [-0.2, 0) is 37.5 Å². The average Bonchev–Trinajstić information content (AvgIpc) is 1.60. The maximum absolute atomic E-state index is 13.1. The average molecular weight is 1710 g/mol. The Morgan fingerprint density at radius 1 is 0.352 bits per heavy atom. The maximum Gasteiger partial charge on any atom is 0.266 e. The number of ketones is 1. The zero-order valence-corrected chi connectivity index (χ0v) is 74.3. The van der Waals surface area contributed by atoms with E-state index in [0.717, 1.165) is 148 Å². The number of anilines is 10. The van der Waals surface area contributed by atoms with Crippen molar-refractivity contribution < 1.29 is 9.53 Å². The van der Waals surface area contributed by atoms with E-state index in [4.69, 9.17) is 4.74 Å². The molecule has 2 saturated carbocycles. The van der Waals surface area contributed by atoms with Crippen LogP contribution in [0.25, 0.3) is 65.6 Å². The first kappa shape index (κ1) is 89.2. The second kappa shape index (κ2) is 40.7. The van der Waals surface area contributed by atoms with Crippen LogP contribution in [0.1, 0.15) is 152 Å². The fraction of sp³-hybridized carbons (Fsp3) is 0.267. The fourth-order valence-corrected chi connectivity index (χ4v) is 15.5. The Bertz CT molecular complexity index is 7150. The molecule has 5 N–H and O–H groups in total. The number of nitrogens with one attached hydrogen (secondary N) is 5. The molecule has 18 rings (SSSR count). The number of rotatable bonds is 20. The SMILES string of the molecule is CCn1c(=O)c(-c2cccc(C)c2)cc2cnc(Nc3ccc(C)cn3)cc21.CCn1c(=O)c(C#CCOC)cc2cnc(Nc3ccc(C)cn3)cc21.CCn1c(=O)c(C(C)=O)cc2cnc(Nc3ccc(C)cn3)cc21.CCn1c(=O)c(C2CC2)cc2cnc(Nc3ccc(C)cn3)cc21.CCn1c(=O)c(C2CCCC2)cc2cnc(Nc3ccc(C)cn3)cc21. The summed E-state index contributed by atoms with van der Waals surface area (Å²) >= 11 is 0. The molecule has 0 spiro atoms. The Labute approximate surface area is 741 Å².